The van der Waals surface area contributed by atoms with Crippen LogP contribution in [0.1, 0.15) is 37.7 Å². The van der Waals surface area contributed by atoms with Gasteiger partial charge in [0.05, 0.1) is 33.8 Å². The summed E-state index contributed by atoms with van der Waals surface area (Å²) in [7, 11) is 0. The van der Waals surface area contributed by atoms with Crippen LogP contribution >= 0.6 is 23.2 Å². The third-order valence-electron chi connectivity index (χ3n) is 10.7. The Bertz CT molecular complexity index is 2040. The largest absolute Gasteiger partial charge is 0.475 e. The average molecular weight is 675 g/mol. The number of aromatic nitrogens is 1. The van der Waals surface area contributed by atoms with E-state index in [0.29, 0.717) is 69.8 Å². The smallest absolute Gasteiger partial charge is 0.282 e. The molecule has 8 rings (SSSR count). The minimum absolute atomic E-state index is 0.00613. The van der Waals surface area contributed by atoms with Gasteiger partial charge in [0.2, 0.25) is 5.88 Å². The molecule has 240 valence electrons. The fourth-order valence-electron chi connectivity index (χ4n) is 8.44. The summed E-state index contributed by atoms with van der Waals surface area (Å²) in [6.45, 7) is 6.50. The monoisotopic (exact) mass is 673 g/mol. The first-order valence-corrected chi connectivity index (χ1v) is 16.7. The quantitative estimate of drug-likeness (QED) is 0.196. The number of rotatable bonds is 6. The highest BCUT2D eigenvalue weighted by Crippen LogP contribution is 2.47. The number of nitrogens with zero attached hydrogens (tertiary/aromatic N) is 5. The number of hydrogen-bond acceptors (Lipinski definition) is 6. The third kappa shape index (κ3) is 4.67. The van der Waals surface area contributed by atoms with Gasteiger partial charge in [-0.3, -0.25) is 9.69 Å². The van der Waals surface area contributed by atoms with Gasteiger partial charge in [0, 0.05) is 34.4 Å². The molecule has 0 N–H and O–H groups in total. The number of carbonyl (C=O) groups is 1. The van der Waals surface area contributed by atoms with Crippen molar-refractivity contribution in [2.75, 3.05) is 37.7 Å². The van der Waals surface area contributed by atoms with Crippen molar-refractivity contribution in [3.63, 3.8) is 0 Å². The lowest BCUT2D eigenvalue weighted by atomic mass is 9.92. The van der Waals surface area contributed by atoms with Gasteiger partial charge in [-0.1, -0.05) is 54.0 Å². The number of anilines is 1. The molecule has 4 aromatic rings. The lowest BCUT2D eigenvalue weighted by molar-refractivity contribution is -0.130. The van der Waals surface area contributed by atoms with Crippen LogP contribution in [0.15, 0.2) is 54.9 Å². The second kappa shape index (κ2) is 11.3. The van der Waals surface area contributed by atoms with Crippen molar-refractivity contribution in [2.24, 2.45) is 0 Å². The molecule has 1 amide bonds. The number of nitriles is 1. The Labute approximate surface area is 280 Å². The van der Waals surface area contributed by atoms with Crippen LogP contribution in [0.25, 0.3) is 32.8 Å². The van der Waals surface area contributed by atoms with E-state index in [9.17, 15) is 18.8 Å². The molecule has 4 aliphatic rings. The number of ether oxygens (including phenoxy) is 1. The van der Waals surface area contributed by atoms with Gasteiger partial charge in [-0.05, 0) is 74.3 Å². The third-order valence-corrected chi connectivity index (χ3v) is 11.4. The fourth-order valence-corrected chi connectivity index (χ4v) is 8.98. The van der Waals surface area contributed by atoms with E-state index in [0.717, 1.165) is 44.2 Å². The van der Waals surface area contributed by atoms with Crippen LogP contribution < -0.4 is 9.64 Å². The zero-order chi connectivity index (χ0) is 32.6. The van der Waals surface area contributed by atoms with E-state index in [1.165, 1.54) is 11.0 Å². The summed E-state index contributed by atoms with van der Waals surface area (Å²) in [6, 6.07) is 14.3. The molecule has 4 aliphatic heterocycles. The zero-order valence-corrected chi connectivity index (χ0v) is 27.1. The molecule has 2 atom stereocenters. The topological polar surface area (TPSA) is 72.7 Å². The van der Waals surface area contributed by atoms with Crippen molar-refractivity contribution in [1.82, 2.24) is 14.8 Å². The van der Waals surface area contributed by atoms with Crippen LogP contribution in [0.2, 0.25) is 10.0 Å². The van der Waals surface area contributed by atoms with Gasteiger partial charge in [-0.2, -0.15) is 5.26 Å². The van der Waals surface area contributed by atoms with Crippen LogP contribution in [-0.2, 0) is 4.79 Å². The molecule has 0 radical (unpaired) electrons. The molecule has 1 aromatic heterocycles. The highest BCUT2D eigenvalue weighted by atomic mass is 35.5. The Hall–Kier alpha value is -3.97. The Morgan fingerprint density at radius 3 is 2.64 bits per heavy atom. The molecule has 7 nitrogen and oxygen atoms in total. The van der Waals surface area contributed by atoms with Crippen LogP contribution in [0.3, 0.4) is 0 Å². The highest BCUT2D eigenvalue weighted by molar-refractivity contribution is 6.38. The maximum atomic E-state index is 14.7. The normalized spacial score (nSPS) is 21.5. The number of likely N-dealkylation sites (tertiary alicyclic amines) is 1. The first-order valence-electron chi connectivity index (χ1n) is 15.9. The van der Waals surface area contributed by atoms with Crippen molar-refractivity contribution in [1.29, 1.82) is 5.26 Å². The highest BCUT2D eigenvalue weighted by Gasteiger charge is 2.51. The molecule has 5 heterocycles. The van der Waals surface area contributed by atoms with Gasteiger partial charge in [0.25, 0.3) is 5.91 Å². The predicted molar refractivity (Wildman–Crippen MR) is 179 cm³/mol. The minimum Gasteiger partial charge on any atom is -0.475 e. The first kappa shape index (κ1) is 30.4. The summed E-state index contributed by atoms with van der Waals surface area (Å²) in [5, 5.41) is 13.0. The van der Waals surface area contributed by atoms with Crippen molar-refractivity contribution >= 4 is 56.5 Å². The number of pyridine rings is 1. The lowest BCUT2D eigenvalue weighted by Gasteiger charge is -2.48. The second-order valence-corrected chi connectivity index (χ2v) is 13.8. The minimum atomic E-state index is -0.980. The average Bonchev–Trinajstić information content (AvgIpc) is 3.73. The molecule has 0 saturated carbocycles. The summed E-state index contributed by atoms with van der Waals surface area (Å²) in [5.74, 6) is -1.97. The number of amides is 1. The number of benzene rings is 3. The standard InChI is InChI=1S/C36H31Cl2F2N5O2/c1-20(39)35(46)44-14-9-29-30(44)18-45(29)33-24-15-26(37)23(22-6-2-5-21-7-8-27(40)32(38)31(21)22)16-28(24)42-34(25(33)17-41)47-19-36-10-3-12-43(36)13-4-11-36/h2,5-8,15-16,29-30H,1,3-4,9-14,18-19H2/t29-,30-/m1/s1. The van der Waals surface area contributed by atoms with Crippen molar-refractivity contribution in [3.8, 4) is 23.1 Å². The zero-order valence-electron chi connectivity index (χ0n) is 25.5. The Kier molecular flexibility index (Phi) is 7.32. The van der Waals surface area contributed by atoms with E-state index in [2.05, 4.69) is 22.4 Å². The van der Waals surface area contributed by atoms with Gasteiger partial charge in [-0.25, -0.2) is 13.8 Å². The molecule has 4 saturated heterocycles. The first-order chi connectivity index (χ1) is 22.7. The number of hydrogen-bond donors (Lipinski definition) is 0. The van der Waals surface area contributed by atoms with Crippen molar-refractivity contribution < 1.29 is 18.3 Å². The molecule has 0 bridgehead atoms. The summed E-state index contributed by atoms with van der Waals surface area (Å²) >= 11 is 13.5. The van der Waals surface area contributed by atoms with E-state index in [-0.39, 0.29) is 28.5 Å². The van der Waals surface area contributed by atoms with E-state index < -0.39 is 17.6 Å². The Morgan fingerprint density at radius 2 is 1.89 bits per heavy atom. The summed E-state index contributed by atoms with van der Waals surface area (Å²) in [4.78, 5) is 23.6. The molecule has 0 unspecified atom stereocenters. The maximum absolute atomic E-state index is 14.7. The van der Waals surface area contributed by atoms with Gasteiger partial charge < -0.3 is 14.5 Å². The summed E-state index contributed by atoms with van der Waals surface area (Å²) in [6.07, 6.45) is 4.90. The summed E-state index contributed by atoms with van der Waals surface area (Å²) in [5.41, 5.74) is 2.68. The molecule has 4 fully saturated rings. The molecular weight excluding hydrogens is 643 g/mol. The number of halogens is 4. The number of carbonyl (C=O) groups excluding carboxylic acids is 1. The van der Waals surface area contributed by atoms with Crippen LogP contribution in [0.4, 0.5) is 14.5 Å². The van der Waals surface area contributed by atoms with E-state index in [1.54, 1.807) is 12.1 Å². The molecule has 47 heavy (non-hydrogen) atoms. The predicted octanol–water partition coefficient (Wildman–Crippen LogP) is 7.65. The molecule has 0 spiro atoms. The van der Waals surface area contributed by atoms with Crippen LogP contribution in [-0.4, -0.2) is 71.1 Å². The SMILES string of the molecule is C=C(F)C(=O)N1CC[C@@H]2[C@H]1CN2c1c(C#N)c(OCC23CCCN2CCC3)nc2cc(-c3cccc4ccc(F)c(Cl)c34)c(Cl)cc12. The number of fused-ring (bicyclic) bond motifs is 4. The molecule has 3 aromatic carbocycles. The Balaban J connectivity index is 1.27. The van der Waals surface area contributed by atoms with Crippen LogP contribution in [0, 0.1) is 17.1 Å². The van der Waals surface area contributed by atoms with Gasteiger partial charge in [0.15, 0.2) is 5.83 Å². The van der Waals surface area contributed by atoms with E-state index in [1.807, 2.05) is 24.3 Å². The van der Waals surface area contributed by atoms with Crippen molar-refractivity contribution in [3.05, 3.63) is 76.3 Å². The molecular formula is C36H31Cl2F2N5O2. The fraction of sp³-hybridized carbons (Fsp3) is 0.361. The van der Waals surface area contributed by atoms with Gasteiger partial charge >= 0.3 is 0 Å². The van der Waals surface area contributed by atoms with E-state index in [4.69, 9.17) is 32.9 Å². The molecule has 11 heteroatoms. The molecule has 0 aliphatic carbocycles. The van der Waals surface area contributed by atoms with Gasteiger partial charge in [-0.15, -0.1) is 0 Å². The van der Waals surface area contributed by atoms with Crippen molar-refractivity contribution in [2.45, 2.75) is 49.7 Å². The Morgan fingerprint density at radius 1 is 1.11 bits per heavy atom. The van der Waals surface area contributed by atoms with E-state index >= 15 is 0 Å². The van der Waals surface area contributed by atoms with Gasteiger partial charge in [0.1, 0.15) is 24.1 Å². The lowest BCUT2D eigenvalue weighted by Crippen LogP contribution is -2.63. The summed E-state index contributed by atoms with van der Waals surface area (Å²) < 4.78 is 35.0. The maximum Gasteiger partial charge on any atom is 0.282 e. The van der Waals surface area contributed by atoms with Crippen LogP contribution in [0.5, 0.6) is 5.88 Å². The second-order valence-electron chi connectivity index (χ2n) is 13.1.